The predicted molar refractivity (Wildman–Crippen MR) is 101 cm³/mol. The van der Waals surface area contributed by atoms with Crippen LogP contribution in [0.5, 0.6) is 11.5 Å². The largest absolute Gasteiger partial charge is 0.508 e. The minimum atomic E-state index is -1.03. The normalized spacial score (nSPS) is 14.8. The molecule has 3 N–H and O–H groups in total. The topological polar surface area (TPSA) is 69.6 Å². The molecule has 4 heteroatoms. The van der Waals surface area contributed by atoms with Crippen molar-refractivity contribution in [2.24, 2.45) is 0 Å². The number of carbonyl (C=O) groups is 1. The van der Waals surface area contributed by atoms with Crippen molar-refractivity contribution < 1.29 is 15.0 Å². The molecular formula is C22H19NO3. The van der Waals surface area contributed by atoms with Gasteiger partial charge in [-0.15, -0.1) is 0 Å². The standard InChI is InChI=1S/C22H19NO3/c1-13-3-4-14(2)20-19(13)22(21(26)23-20,15-5-9-17(24)10-6-15)16-7-11-18(25)12-8-16/h3-12,24-25H,1-2H3,(H,23,26). The van der Waals surface area contributed by atoms with E-state index in [1.165, 1.54) is 0 Å². The average Bonchev–Trinajstić information content (AvgIpc) is 2.95. The second-order valence-corrected chi connectivity index (χ2v) is 6.75. The zero-order valence-corrected chi connectivity index (χ0v) is 14.6. The van der Waals surface area contributed by atoms with Crippen LogP contribution in [0.25, 0.3) is 0 Å². The van der Waals surface area contributed by atoms with E-state index in [9.17, 15) is 15.0 Å². The fourth-order valence-corrected chi connectivity index (χ4v) is 3.92. The summed E-state index contributed by atoms with van der Waals surface area (Å²) in [6, 6.07) is 17.5. The van der Waals surface area contributed by atoms with Crippen LogP contribution in [-0.4, -0.2) is 16.1 Å². The molecule has 1 aliphatic rings. The summed E-state index contributed by atoms with van der Waals surface area (Å²) >= 11 is 0. The highest BCUT2D eigenvalue weighted by Gasteiger charge is 2.51. The molecule has 1 aliphatic heterocycles. The Kier molecular flexibility index (Phi) is 3.51. The first-order chi connectivity index (χ1) is 12.4. The van der Waals surface area contributed by atoms with E-state index < -0.39 is 5.41 Å². The Morgan fingerprint density at radius 3 is 1.69 bits per heavy atom. The van der Waals surface area contributed by atoms with Crippen molar-refractivity contribution in [2.75, 3.05) is 5.32 Å². The Hall–Kier alpha value is -3.27. The van der Waals surface area contributed by atoms with Crippen LogP contribution in [0, 0.1) is 13.8 Å². The number of benzene rings is 3. The van der Waals surface area contributed by atoms with Gasteiger partial charge in [-0.05, 0) is 60.4 Å². The molecule has 1 amide bonds. The third kappa shape index (κ3) is 2.12. The van der Waals surface area contributed by atoms with E-state index in [2.05, 4.69) is 5.32 Å². The van der Waals surface area contributed by atoms with Gasteiger partial charge in [0.25, 0.3) is 0 Å². The summed E-state index contributed by atoms with van der Waals surface area (Å²) in [7, 11) is 0. The Morgan fingerprint density at radius 2 is 1.19 bits per heavy atom. The molecule has 4 rings (SSSR count). The van der Waals surface area contributed by atoms with Crippen molar-refractivity contribution in [2.45, 2.75) is 19.3 Å². The number of aromatic hydroxyl groups is 2. The number of hydrogen-bond donors (Lipinski definition) is 3. The molecule has 0 saturated heterocycles. The zero-order valence-electron chi connectivity index (χ0n) is 14.6. The van der Waals surface area contributed by atoms with Gasteiger partial charge >= 0.3 is 0 Å². The highest BCUT2D eigenvalue weighted by molar-refractivity contribution is 6.12. The minimum Gasteiger partial charge on any atom is -0.508 e. The lowest BCUT2D eigenvalue weighted by Crippen LogP contribution is -2.37. The monoisotopic (exact) mass is 345 g/mol. The first-order valence-corrected chi connectivity index (χ1v) is 8.45. The van der Waals surface area contributed by atoms with E-state index in [-0.39, 0.29) is 17.4 Å². The number of phenols is 2. The van der Waals surface area contributed by atoms with Crippen LogP contribution in [0.2, 0.25) is 0 Å². The van der Waals surface area contributed by atoms with Crippen LogP contribution in [-0.2, 0) is 10.2 Å². The zero-order chi connectivity index (χ0) is 18.5. The molecule has 0 aliphatic carbocycles. The van der Waals surface area contributed by atoms with Crippen LogP contribution in [0.3, 0.4) is 0 Å². The number of fused-ring (bicyclic) bond motifs is 1. The van der Waals surface area contributed by atoms with Gasteiger partial charge in [-0.3, -0.25) is 4.79 Å². The molecule has 0 spiro atoms. The van der Waals surface area contributed by atoms with Crippen molar-refractivity contribution in [3.05, 3.63) is 88.5 Å². The number of rotatable bonds is 2. The summed E-state index contributed by atoms with van der Waals surface area (Å²) in [5.41, 5.74) is 4.25. The van der Waals surface area contributed by atoms with Gasteiger partial charge in [0.1, 0.15) is 16.9 Å². The third-order valence-electron chi connectivity index (χ3n) is 5.18. The lowest BCUT2D eigenvalue weighted by molar-refractivity contribution is -0.118. The van der Waals surface area contributed by atoms with Gasteiger partial charge in [0.15, 0.2) is 0 Å². The predicted octanol–water partition coefficient (Wildman–Crippen LogP) is 4.00. The maximum Gasteiger partial charge on any atom is 0.244 e. The number of aryl methyl sites for hydroxylation is 2. The molecule has 26 heavy (non-hydrogen) atoms. The smallest absolute Gasteiger partial charge is 0.244 e. The third-order valence-corrected chi connectivity index (χ3v) is 5.18. The van der Waals surface area contributed by atoms with Crippen LogP contribution in [0.15, 0.2) is 60.7 Å². The van der Waals surface area contributed by atoms with Crippen molar-refractivity contribution in [3.8, 4) is 11.5 Å². The SMILES string of the molecule is Cc1ccc(C)c2c1NC(=O)C2(c1ccc(O)cc1)c1ccc(O)cc1. The van der Waals surface area contributed by atoms with Gasteiger partial charge in [-0.1, -0.05) is 36.4 Å². The average molecular weight is 345 g/mol. The first-order valence-electron chi connectivity index (χ1n) is 8.45. The lowest BCUT2D eigenvalue weighted by Gasteiger charge is -2.30. The summed E-state index contributed by atoms with van der Waals surface area (Å²) in [6.07, 6.45) is 0. The molecule has 3 aromatic carbocycles. The Balaban J connectivity index is 2.12. The fraction of sp³-hybridized carbons (Fsp3) is 0.136. The summed E-state index contributed by atoms with van der Waals surface area (Å²) in [6.45, 7) is 3.97. The van der Waals surface area contributed by atoms with Crippen molar-refractivity contribution in [3.63, 3.8) is 0 Å². The van der Waals surface area contributed by atoms with Crippen LogP contribution in [0.4, 0.5) is 5.69 Å². The molecule has 0 saturated carbocycles. The first kappa shape index (κ1) is 16.2. The second-order valence-electron chi connectivity index (χ2n) is 6.75. The van der Waals surface area contributed by atoms with Gasteiger partial charge in [-0.25, -0.2) is 0 Å². The van der Waals surface area contributed by atoms with E-state index >= 15 is 0 Å². The molecule has 1 heterocycles. The van der Waals surface area contributed by atoms with Gasteiger partial charge < -0.3 is 15.5 Å². The van der Waals surface area contributed by atoms with Crippen LogP contribution >= 0.6 is 0 Å². The molecule has 3 aromatic rings. The molecule has 0 unspecified atom stereocenters. The minimum absolute atomic E-state index is 0.138. The highest BCUT2D eigenvalue weighted by atomic mass is 16.3. The second kappa shape index (κ2) is 5.63. The van der Waals surface area contributed by atoms with Crippen molar-refractivity contribution in [1.29, 1.82) is 0 Å². The molecule has 130 valence electrons. The van der Waals surface area contributed by atoms with Gasteiger partial charge in [-0.2, -0.15) is 0 Å². The Morgan fingerprint density at radius 1 is 0.731 bits per heavy atom. The van der Waals surface area contributed by atoms with E-state index in [1.54, 1.807) is 48.5 Å². The summed E-state index contributed by atoms with van der Waals surface area (Å²) in [5.74, 6) is 0.157. The molecule has 0 aromatic heterocycles. The summed E-state index contributed by atoms with van der Waals surface area (Å²) in [5, 5.41) is 22.5. The van der Waals surface area contributed by atoms with Crippen molar-refractivity contribution in [1.82, 2.24) is 0 Å². The van der Waals surface area contributed by atoms with Crippen LogP contribution in [0.1, 0.15) is 27.8 Å². The van der Waals surface area contributed by atoms with E-state index in [1.807, 2.05) is 26.0 Å². The number of amides is 1. The number of phenolic OH excluding ortho intramolecular Hbond substituents is 2. The summed E-state index contributed by atoms with van der Waals surface area (Å²) in [4.78, 5) is 13.4. The highest BCUT2D eigenvalue weighted by Crippen LogP contribution is 2.50. The van der Waals surface area contributed by atoms with Crippen molar-refractivity contribution >= 4 is 11.6 Å². The summed E-state index contributed by atoms with van der Waals surface area (Å²) < 4.78 is 0. The molecule has 0 atom stereocenters. The van der Waals surface area contributed by atoms with Crippen LogP contribution < -0.4 is 5.32 Å². The molecule has 0 radical (unpaired) electrons. The maximum absolute atomic E-state index is 13.4. The quantitative estimate of drug-likeness (QED) is 0.657. The number of carbonyl (C=O) groups excluding carboxylic acids is 1. The lowest BCUT2D eigenvalue weighted by atomic mass is 9.68. The van der Waals surface area contributed by atoms with Gasteiger partial charge in [0.2, 0.25) is 5.91 Å². The Labute approximate surface area is 151 Å². The van der Waals surface area contributed by atoms with Gasteiger partial charge in [0.05, 0.1) is 0 Å². The number of nitrogens with one attached hydrogen (secondary N) is 1. The molecule has 0 bridgehead atoms. The molecule has 4 nitrogen and oxygen atoms in total. The van der Waals surface area contributed by atoms with Gasteiger partial charge in [0, 0.05) is 11.3 Å². The Bertz CT molecular complexity index is 959. The number of hydrogen-bond acceptors (Lipinski definition) is 3. The maximum atomic E-state index is 13.4. The molecule has 0 fully saturated rings. The van der Waals surface area contributed by atoms with E-state index in [4.69, 9.17) is 0 Å². The number of anilines is 1. The van der Waals surface area contributed by atoms with E-state index in [0.29, 0.717) is 0 Å². The molecular weight excluding hydrogens is 326 g/mol. The van der Waals surface area contributed by atoms with E-state index in [0.717, 1.165) is 33.5 Å². The fourth-order valence-electron chi connectivity index (χ4n) is 3.92.